The van der Waals surface area contributed by atoms with Crippen molar-refractivity contribution in [2.75, 3.05) is 0 Å². The van der Waals surface area contributed by atoms with E-state index in [0.717, 1.165) is 19.3 Å². The van der Waals surface area contributed by atoms with Crippen molar-refractivity contribution < 1.29 is 24.2 Å². The molecule has 3 aliphatic rings. The highest BCUT2D eigenvalue weighted by Crippen LogP contribution is 2.60. The lowest BCUT2D eigenvalue weighted by Gasteiger charge is -2.56. The standard InChI is InChI=1S/C17H24O5/c1-9-6-5-7-12-8-17(20)13(10(2)15(19)22-17)14(16(9,12)4)21-11(3)18/h9,12,14,20H,5-8H2,1-4H3/t9-,12+,14+,16+,17-/m0/s1. The fraction of sp³-hybridized carbons (Fsp3) is 0.765. The maximum absolute atomic E-state index is 12.0. The van der Waals surface area contributed by atoms with E-state index in [1.807, 2.05) is 0 Å². The Morgan fingerprint density at radius 3 is 2.73 bits per heavy atom. The molecule has 5 heteroatoms. The summed E-state index contributed by atoms with van der Waals surface area (Å²) in [5.74, 6) is -2.01. The van der Waals surface area contributed by atoms with Gasteiger partial charge in [0.25, 0.3) is 0 Å². The molecule has 1 aliphatic heterocycles. The summed E-state index contributed by atoms with van der Waals surface area (Å²) >= 11 is 0. The van der Waals surface area contributed by atoms with E-state index in [1.54, 1.807) is 6.92 Å². The van der Waals surface area contributed by atoms with Gasteiger partial charge in [0.15, 0.2) is 0 Å². The third kappa shape index (κ3) is 1.94. The normalized spacial score (nSPS) is 44.2. The topological polar surface area (TPSA) is 72.8 Å². The van der Waals surface area contributed by atoms with E-state index in [1.165, 1.54) is 6.92 Å². The van der Waals surface area contributed by atoms with Crippen LogP contribution in [0.5, 0.6) is 0 Å². The second-order valence-corrected chi connectivity index (χ2v) is 7.30. The fourth-order valence-corrected chi connectivity index (χ4v) is 4.73. The first-order chi connectivity index (χ1) is 10.2. The quantitative estimate of drug-likeness (QED) is 0.753. The highest BCUT2D eigenvalue weighted by Gasteiger charge is 2.64. The van der Waals surface area contributed by atoms with Crippen LogP contribution in [0.2, 0.25) is 0 Å². The van der Waals surface area contributed by atoms with Gasteiger partial charge in [-0.3, -0.25) is 4.79 Å². The summed E-state index contributed by atoms with van der Waals surface area (Å²) in [6, 6.07) is 0. The van der Waals surface area contributed by atoms with E-state index in [2.05, 4.69) is 13.8 Å². The zero-order valence-corrected chi connectivity index (χ0v) is 13.6. The van der Waals surface area contributed by atoms with Gasteiger partial charge in [-0.05, 0) is 25.2 Å². The van der Waals surface area contributed by atoms with Gasteiger partial charge < -0.3 is 14.6 Å². The molecule has 5 nitrogen and oxygen atoms in total. The number of esters is 2. The first-order valence-electron chi connectivity index (χ1n) is 8.04. The molecule has 0 spiro atoms. The molecule has 122 valence electrons. The molecule has 2 saturated carbocycles. The SMILES string of the molecule is CC(=O)O[C@@H]1C2=C(C)C(=O)O[C@@]2(O)C[C@H]2CCC[C@H](C)[C@]21C. The number of carbonyl (C=O) groups excluding carboxylic acids is 2. The molecule has 0 saturated heterocycles. The summed E-state index contributed by atoms with van der Waals surface area (Å²) < 4.78 is 10.9. The van der Waals surface area contributed by atoms with Crippen molar-refractivity contribution in [1.29, 1.82) is 0 Å². The van der Waals surface area contributed by atoms with Gasteiger partial charge in [0.1, 0.15) is 6.10 Å². The molecule has 0 radical (unpaired) electrons. The average molecular weight is 308 g/mol. The predicted octanol–water partition coefficient (Wildman–Crippen LogP) is 2.33. The van der Waals surface area contributed by atoms with Crippen LogP contribution in [0.3, 0.4) is 0 Å². The van der Waals surface area contributed by atoms with Gasteiger partial charge in [-0.15, -0.1) is 0 Å². The molecule has 0 aromatic rings. The average Bonchev–Trinajstić information content (AvgIpc) is 2.63. The van der Waals surface area contributed by atoms with Gasteiger partial charge >= 0.3 is 11.9 Å². The second-order valence-electron chi connectivity index (χ2n) is 7.30. The zero-order chi connectivity index (χ0) is 16.3. The Morgan fingerprint density at radius 2 is 2.09 bits per heavy atom. The number of fused-ring (bicyclic) bond motifs is 2. The predicted molar refractivity (Wildman–Crippen MR) is 78.5 cm³/mol. The molecule has 0 aromatic heterocycles. The summed E-state index contributed by atoms with van der Waals surface area (Å²) in [4.78, 5) is 23.7. The van der Waals surface area contributed by atoms with E-state index >= 15 is 0 Å². The van der Waals surface area contributed by atoms with Crippen molar-refractivity contribution in [3.63, 3.8) is 0 Å². The van der Waals surface area contributed by atoms with Gasteiger partial charge in [-0.25, -0.2) is 4.79 Å². The van der Waals surface area contributed by atoms with Crippen LogP contribution in [0, 0.1) is 17.3 Å². The van der Waals surface area contributed by atoms with Crippen molar-refractivity contribution >= 4 is 11.9 Å². The fourth-order valence-electron chi connectivity index (χ4n) is 4.73. The molecule has 0 unspecified atom stereocenters. The molecule has 2 aliphatic carbocycles. The van der Waals surface area contributed by atoms with Gasteiger partial charge in [0.2, 0.25) is 5.79 Å². The van der Waals surface area contributed by atoms with Crippen molar-refractivity contribution in [2.45, 2.75) is 65.3 Å². The minimum absolute atomic E-state index is 0.160. The molecular formula is C17H24O5. The van der Waals surface area contributed by atoms with Crippen LogP contribution in [0.4, 0.5) is 0 Å². The van der Waals surface area contributed by atoms with E-state index in [4.69, 9.17) is 9.47 Å². The summed E-state index contributed by atoms with van der Waals surface area (Å²) in [5.41, 5.74) is 0.562. The molecule has 0 bridgehead atoms. The summed E-state index contributed by atoms with van der Waals surface area (Å²) in [5, 5.41) is 10.9. The van der Waals surface area contributed by atoms with Crippen LogP contribution in [0.25, 0.3) is 0 Å². The maximum atomic E-state index is 12.0. The molecular weight excluding hydrogens is 284 g/mol. The molecule has 1 heterocycles. The smallest absolute Gasteiger partial charge is 0.336 e. The number of aliphatic hydroxyl groups is 1. The monoisotopic (exact) mass is 308 g/mol. The molecule has 0 aromatic carbocycles. The van der Waals surface area contributed by atoms with Crippen LogP contribution in [0.15, 0.2) is 11.1 Å². The number of rotatable bonds is 1. The lowest BCUT2D eigenvalue weighted by atomic mass is 9.52. The minimum atomic E-state index is -1.61. The van der Waals surface area contributed by atoms with Crippen molar-refractivity contribution in [3.05, 3.63) is 11.1 Å². The van der Waals surface area contributed by atoms with Gasteiger partial charge in [-0.1, -0.05) is 26.7 Å². The first kappa shape index (κ1) is 15.5. The Bertz CT molecular complexity index is 565. The summed E-state index contributed by atoms with van der Waals surface area (Å²) in [6.45, 7) is 7.30. The molecule has 2 fully saturated rings. The van der Waals surface area contributed by atoms with Gasteiger partial charge in [0.05, 0.1) is 5.57 Å². The van der Waals surface area contributed by atoms with Gasteiger partial charge in [0, 0.05) is 24.3 Å². The third-order valence-corrected chi connectivity index (χ3v) is 6.16. The number of hydrogen-bond acceptors (Lipinski definition) is 5. The Labute approximate surface area is 130 Å². The Morgan fingerprint density at radius 1 is 1.41 bits per heavy atom. The lowest BCUT2D eigenvalue weighted by Crippen LogP contribution is -2.59. The molecule has 5 atom stereocenters. The number of carbonyl (C=O) groups is 2. The number of ether oxygens (including phenoxy) is 2. The molecule has 1 N–H and O–H groups in total. The maximum Gasteiger partial charge on any atom is 0.336 e. The van der Waals surface area contributed by atoms with Crippen LogP contribution < -0.4 is 0 Å². The van der Waals surface area contributed by atoms with Gasteiger partial charge in [-0.2, -0.15) is 0 Å². The van der Waals surface area contributed by atoms with Crippen molar-refractivity contribution in [2.24, 2.45) is 17.3 Å². The lowest BCUT2D eigenvalue weighted by molar-refractivity contribution is -0.225. The first-order valence-corrected chi connectivity index (χ1v) is 8.04. The highest BCUT2D eigenvalue weighted by molar-refractivity contribution is 5.92. The van der Waals surface area contributed by atoms with Crippen LogP contribution >= 0.6 is 0 Å². The third-order valence-electron chi connectivity index (χ3n) is 6.16. The Balaban J connectivity index is 2.15. The molecule has 0 amide bonds. The van der Waals surface area contributed by atoms with Crippen LogP contribution in [0.1, 0.15) is 53.4 Å². The van der Waals surface area contributed by atoms with Crippen LogP contribution in [-0.4, -0.2) is 28.9 Å². The Kier molecular flexibility index (Phi) is 3.40. The highest BCUT2D eigenvalue weighted by atomic mass is 16.7. The van der Waals surface area contributed by atoms with E-state index in [0.29, 0.717) is 23.5 Å². The number of hydrogen-bond donors (Lipinski definition) is 1. The van der Waals surface area contributed by atoms with E-state index in [-0.39, 0.29) is 11.3 Å². The molecule has 22 heavy (non-hydrogen) atoms. The minimum Gasteiger partial charge on any atom is -0.457 e. The summed E-state index contributed by atoms with van der Waals surface area (Å²) in [6.07, 6.45) is 2.88. The molecule has 3 rings (SSSR count). The van der Waals surface area contributed by atoms with E-state index < -0.39 is 23.8 Å². The van der Waals surface area contributed by atoms with Crippen molar-refractivity contribution in [1.82, 2.24) is 0 Å². The Hall–Kier alpha value is -1.36. The largest absolute Gasteiger partial charge is 0.457 e. The van der Waals surface area contributed by atoms with Crippen molar-refractivity contribution in [3.8, 4) is 0 Å². The summed E-state index contributed by atoms with van der Waals surface area (Å²) in [7, 11) is 0. The zero-order valence-electron chi connectivity index (χ0n) is 13.6. The second kappa shape index (κ2) is 4.82. The van der Waals surface area contributed by atoms with E-state index in [9.17, 15) is 14.7 Å². The van der Waals surface area contributed by atoms with Crippen LogP contribution in [-0.2, 0) is 19.1 Å².